The number of nitrogens with zero attached hydrogens (tertiary/aromatic N) is 1. The van der Waals surface area contributed by atoms with Crippen molar-refractivity contribution in [1.29, 1.82) is 0 Å². The predicted octanol–water partition coefficient (Wildman–Crippen LogP) is 6.04. The van der Waals surface area contributed by atoms with Crippen LogP contribution >= 0.6 is 11.6 Å². The maximum Gasteiger partial charge on any atom is 0.339 e. The van der Waals surface area contributed by atoms with E-state index in [0.29, 0.717) is 32.6 Å². The summed E-state index contributed by atoms with van der Waals surface area (Å²) in [5.41, 5.74) is 2.52. The molecule has 1 atom stereocenters. The van der Waals surface area contributed by atoms with E-state index in [1.165, 1.54) is 7.11 Å². The third-order valence-corrected chi connectivity index (χ3v) is 5.20. The Labute approximate surface area is 185 Å². The number of aromatic nitrogens is 1. The van der Waals surface area contributed by atoms with Crippen molar-refractivity contribution in [3.63, 3.8) is 0 Å². The monoisotopic (exact) mass is 444 g/mol. The largest absolute Gasteiger partial charge is 0.467 e. The molecule has 3 aromatic rings. The normalized spacial score (nSPS) is 12.7. The van der Waals surface area contributed by atoms with Crippen molar-refractivity contribution in [2.24, 2.45) is 0 Å². The number of carbonyl (C=O) groups excluding carboxylic acids is 1. The van der Waals surface area contributed by atoms with Gasteiger partial charge in [0.25, 0.3) is 5.69 Å². The highest BCUT2D eigenvalue weighted by Gasteiger charge is 2.36. The van der Waals surface area contributed by atoms with Crippen LogP contribution in [0.2, 0.25) is 5.02 Å². The molecule has 0 aliphatic rings. The minimum Gasteiger partial charge on any atom is -0.467 e. The molecule has 1 N–H and O–H groups in total. The van der Waals surface area contributed by atoms with Gasteiger partial charge in [0.15, 0.2) is 6.10 Å². The first kappa shape index (κ1) is 22.8. The maximum atomic E-state index is 12.9. The zero-order valence-corrected chi connectivity index (χ0v) is 19.1. The zero-order chi connectivity index (χ0) is 23.1. The summed E-state index contributed by atoms with van der Waals surface area (Å²) in [5, 5.41) is 13.2. The Balaban J connectivity index is 2.51. The van der Waals surface area contributed by atoms with E-state index in [4.69, 9.17) is 21.1 Å². The number of nitrogens with one attached hydrogen (secondary N) is 1. The molecule has 0 unspecified atom stereocenters. The summed E-state index contributed by atoms with van der Waals surface area (Å²) >= 11 is 6.09. The smallest absolute Gasteiger partial charge is 0.339 e. The molecule has 3 rings (SSSR count). The molecule has 0 saturated heterocycles. The third kappa shape index (κ3) is 4.43. The highest BCUT2D eigenvalue weighted by Crippen LogP contribution is 2.45. The number of fused-ring (bicyclic) bond motifs is 1. The lowest BCUT2D eigenvalue weighted by atomic mass is 9.88. The van der Waals surface area contributed by atoms with Gasteiger partial charge in [-0.05, 0) is 63.9 Å². The Bertz CT molecular complexity index is 1160. The molecule has 0 radical (unpaired) electrons. The van der Waals surface area contributed by atoms with Crippen LogP contribution in [0.25, 0.3) is 22.0 Å². The van der Waals surface area contributed by atoms with E-state index < -0.39 is 22.6 Å². The van der Waals surface area contributed by atoms with Crippen molar-refractivity contribution < 1.29 is 19.2 Å². The average molecular weight is 445 g/mol. The van der Waals surface area contributed by atoms with Gasteiger partial charge >= 0.3 is 5.97 Å². The molecule has 0 saturated carbocycles. The minimum atomic E-state index is -1.16. The highest BCUT2D eigenvalue weighted by atomic mass is 35.5. The number of rotatable bonds is 5. The van der Waals surface area contributed by atoms with Gasteiger partial charge in [-0.25, -0.2) is 4.79 Å². The standard InChI is InChI=1S/C23H25ClN2O5/c1-12-11-16-18(14-7-9-15(24)10-8-14)17(13(2)20(26(28)29)19(16)25-12)21(22(27)30-6)31-23(3,4)5/h7-11,21,25H,1-6H3/t21-/m0/s1. The van der Waals surface area contributed by atoms with Gasteiger partial charge in [-0.15, -0.1) is 0 Å². The summed E-state index contributed by atoms with van der Waals surface area (Å²) < 4.78 is 11.1. The van der Waals surface area contributed by atoms with Gasteiger partial charge in [0.05, 0.1) is 17.6 Å². The van der Waals surface area contributed by atoms with Crippen molar-refractivity contribution in [3.8, 4) is 11.1 Å². The van der Waals surface area contributed by atoms with E-state index in [0.717, 1.165) is 11.3 Å². The molecule has 0 fully saturated rings. The van der Waals surface area contributed by atoms with Crippen molar-refractivity contribution >= 4 is 34.2 Å². The number of nitro benzene ring substituents is 1. The third-order valence-electron chi connectivity index (χ3n) is 4.95. The number of halogens is 1. The number of ether oxygens (including phenoxy) is 2. The summed E-state index contributed by atoms with van der Waals surface area (Å²) in [6, 6.07) is 8.95. The first-order valence-corrected chi connectivity index (χ1v) is 10.1. The average Bonchev–Trinajstić information content (AvgIpc) is 3.05. The van der Waals surface area contributed by atoms with Crippen molar-refractivity contribution in [2.45, 2.75) is 46.3 Å². The van der Waals surface area contributed by atoms with Crippen LogP contribution in [0.5, 0.6) is 0 Å². The molecular formula is C23H25ClN2O5. The summed E-state index contributed by atoms with van der Waals surface area (Å²) in [7, 11) is 1.27. The summed E-state index contributed by atoms with van der Waals surface area (Å²) in [6.07, 6.45) is -1.16. The number of aromatic amines is 1. The molecule has 1 heterocycles. The topological polar surface area (TPSA) is 94.5 Å². The number of nitro groups is 1. The van der Waals surface area contributed by atoms with Gasteiger partial charge in [0.1, 0.15) is 5.52 Å². The van der Waals surface area contributed by atoms with Crippen LogP contribution < -0.4 is 0 Å². The molecular weight excluding hydrogens is 420 g/mol. The van der Waals surface area contributed by atoms with Crippen molar-refractivity contribution in [3.05, 3.63) is 62.3 Å². The second-order valence-electron chi connectivity index (χ2n) is 8.40. The molecule has 0 spiro atoms. The Morgan fingerprint density at radius 3 is 2.32 bits per heavy atom. The summed E-state index contributed by atoms with van der Waals surface area (Å²) in [4.78, 5) is 27.6. The van der Waals surface area contributed by atoms with E-state index in [2.05, 4.69) is 4.98 Å². The molecule has 0 amide bonds. The number of esters is 1. The van der Waals surface area contributed by atoms with E-state index in [1.54, 1.807) is 19.1 Å². The summed E-state index contributed by atoms with van der Waals surface area (Å²) in [6.45, 7) is 8.90. The molecule has 31 heavy (non-hydrogen) atoms. The van der Waals surface area contributed by atoms with Gasteiger partial charge in [-0.2, -0.15) is 0 Å². The zero-order valence-electron chi connectivity index (χ0n) is 18.3. The molecule has 8 heteroatoms. The van der Waals surface area contributed by atoms with Crippen LogP contribution in [0.15, 0.2) is 30.3 Å². The fourth-order valence-electron chi connectivity index (χ4n) is 3.79. The maximum absolute atomic E-state index is 12.9. The fraction of sp³-hybridized carbons (Fsp3) is 0.348. The van der Waals surface area contributed by atoms with Gasteiger partial charge in [-0.1, -0.05) is 23.7 Å². The lowest BCUT2D eigenvalue weighted by molar-refractivity contribution is -0.383. The Hall–Kier alpha value is -2.90. The number of benzene rings is 2. The Kier molecular flexibility index (Phi) is 6.11. The van der Waals surface area contributed by atoms with Crippen LogP contribution in [0, 0.1) is 24.0 Å². The van der Waals surface area contributed by atoms with Gasteiger partial charge in [0.2, 0.25) is 0 Å². The second-order valence-corrected chi connectivity index (χ2v) is 8.84. The highest BCUT2D eigenvalue weighted by molar-refractivity contribution is 6.30. The molecule has 1 aromatic heterocycles. The number of hydrogen-bond donors (Lipinski definition) is 1. The van der Waals surface area contributed by atoms with Crippen LogP contribution in [0.4, 0.5) is 5.69 Å². The molecule has 7 nitrogen and oxygen atoms in total. The van der Waals surface area contributed by atoms with E-state index in [1.807, 2.05) is 45.9 Å². The first-order valence-electron chi connectivity index (χ1n) is 9.76. The summed E-state index contributed by atoms with van der Waals surface area (Å²) in [5.74, 6) is -0.630. The number of hydrogen-bond acceptors (Lipinski definition) is 5. The minimum absolute atomic E-state index is 0.0952. The van der Waals surface area contributed by atoms with Gasteiger partial charge in [-0.3, -0.25) is 10.1 Å². The first-order chi connectivity index (χ1) is 14.4. The lowest BCUT2D eigenvalue weighted by Crippen LogP contribution is -2.29. The quantitative estimate of drug-likeness (QED) is 0.294. The molecule has 0 aliphatic heterocycles. The fourth-order valence-corrected chi connectivity index (χ4v) is 3.92. The van der Waals surface area contributed by atoms with Gasteiger partial charge in [0, 0.05) is 27.2 Å². The SMILES string of the molecule is COC(=O)[C@@H](OC(C)(C)C)c1c(C)c([N+](=O)[O-])c2[nH]c(C)cc2c1-c1ccc(Cl)cc1. The number of methoxy groups -OCH3 is 1. The van der Waals surface area contributed by atoms with Crippen LogP contribution in [0.3, 0.4) is 0 Å². The van der Waals surface area contributed by atoms with Crippen LogP contribution in [-0.4, -0.2) is 28.6 Å². The second kappa shape index (κ2) is 8.32. The molecule has 164 valence electrons. The van der Waals surface area contributed by atoms with Crippen LogP contribution in [-0.2, 0) is 14.3 Å². The Morgan fingerprint density at radius 2 is 1.81 bits per heavy atom. The molecule has 2 aromatic carbocycles. The van der Waals surface area contributed by atoms with E-state index in [-0.39, 0.29) is 5.69 Å². The number of carbonyl (C=O) groups is 1. The van der Waals surface area contributed by atoms with Crippen molar-refractivity contribution in [1.82, 2.24) is 4.98 Å². The van der Waals surface area contributed by atoms with Gasteiger partial charge < -0.3 is 14.5 Å². The Morgan fingerprint density at radius 1 is 1.19 bits per heavy atom. The molecule has 0 bridgehead atoms. The van der Waals surface area contributed by atoms with E-state index >= 15 is 0 Å². The predicted molar refractivity (Wildman–Crippen MR) is 120 cm³/mol. The number of H-pyrrole nitrogens is 1. The van der Waals surface area contributed by atoms with Crippen LogP contribution in [0.1, 0.15) is 43.7 Å². The number of aryl methyl sites for hydroxylation is 1. The van der Waals surface area contributed by atoms with E-state index in [9.17, 15) is 14.9 Å². The molecule has 0 aliphatic carbocycles. The lowest BCUT2D eigenvalue weighted by Gasteiger charge is -2.29. The van der Waals surface area contributed by atoms with Crippen molar-refractivity contribution in [2.75, 3.05) is 7.11 Å².